The van der Waals surface area contributed by atoms with Gasteiger partial charge in [-0.3, -0.25) is 0 Å². The minimum Gasteiger partial charge on any atom is -0.493 e. The number of aromatic nitrogens is 1. The highest BCUT2D eigenvalue weighted by atomic mass is 79.9. The first-order valence-corrected chi connectivity index (χ1v) is 12.4. The maximum absolute atomic E-state index is 11.4. The SMILES string of the molecule is NS(=O)(=O)c1ccc(NC(=S)N=Nc2c(O)n(Cc3ccccc3)c3ccc(Br)cc23)cc1. The number of aromatic hydroxyl groups is 1. The number of hydrogen-bond acceptors (Lipinski definition) is 5. The normalized spacial score (nSPS) is 11.8. The third-order valence-electron chi connectivity index (χ3n) is 4.83. The summed E-state index contributed by atoms with van der Waals surface area (Å²) in [5.41, 5.74) is 2.63. The second-order valence-corrected chi connectivity index (χ2v) is 9.97. The van der Waals surface area contributed by atoms with Crippen LogP contribution in [0, 0.1) is 0 Å². The summed E-state index contributed by atoms with van der Waals surface area (Å²) >= 11 is 8.69. The van der Waals surface area contributed by atoms with Crippen molar-refractivity contribution in [3.8, 4) is 5.88 Å². The van der Waals surface area contributed by atoms with Gasteiger partial charge in [0.05, 0.1) is 17.0 Å². The van der Waals surface area contributed by atoms with Crippen LogP contribution in [0.4, 0.5) is 11.4 Å². The molecule has 168 valence electrons. The van der Waals surface area contributed by atoms with Gasteiger partial charge < -0.3 is 15.0 Å². The first-order chi connectivity index (χ1) is 15.7. The van der Waals surface area contributed by atoms with Gasteiger partial charge in [0, 0.05) is 15.5 Å². The van der Waals surface area contributed by atoms with Crippen molar-refractivity contribution >= 4 is 65.6 Å². The van der Waals surface area contributed by atoms with Crippen LogP contribution >= 0.6 is 28.1 Å². The van der Waals surface area contributed by atoms with Crippen LogP contribution in [0.1, 0.15) is 5.56 Å². The molecule has 0 saturated carbocycles. The lowest BCUT2D eigenvalue weighted by atomic mass is 10.2. The molecule has 0 unspecified atom stereocenters. The Morgan fingerprint density at radius 1 is 1.09 bits per heavy atom. The van der Waals surface area contributed by atoms with Crippen molar-refractivity contribution < 1.29 is 13.5 Å². The Kier molecular flexibility index (Phi) is 6.56. The van der Waals surface area contributed by atoms with Gasteiger partial charge in [0.1, 0.15) is 0 Å². The number of hydrogen-bond donors (Lipinski definition) is 3. The number of anilines is 1. The average molecular weight is 544 g/mol. The van der Waals surface area contributed by atoms with E-state index in [-0.39, 0.29) is 21.6 Å². The van der Waals surface area contributed by atoms with Crippen molar-refractivity contribution in [3.63, 3.8) is 0 Å². The van der Waals surface area contributed by atoms with Gasteiger partial charge in [-0.15, -0.1) is 10.2 Å². The maximum Gasteiger partial charge on any atom is 0.238 e. The van der Waals surface area contributed by atoms with Crippen LogP contribution in [0.25, 0.3) is 10.9 Å². The molecule has 4 N–H and O–H groups in total. The van der Waals surface area contributed by atoms with Crippen molar-refractivity contribution in [3.05, 3.63) is 82.8 Å². The van der Waals surface area contributed by atoms with E-state index in [1.807, 2.05) is 48.5 Å². The second kappa shape index (κ2) is 9.40. The van der Waals surface area contributed by atoms with Gasteiger partial charge in [-0.05, 0) is 60.2 Å². The topological polar surface area (TPSA) is 122 Å². The van der Waals surface area contributed by atoms with Gasteiger partial charge in [0.2, 0.25) is 21.0 Å². The molecule has 11 heteroatoms. The third-order valence-corrected chi connectivity index (χ3v) is 6.44. The Morgan fingerprint density at radius 3 is 2.45 bits per heavy atom. The fourth-order valence-corrected chi connectivity index (χ4v) is 4.33. The van der Waals surface area contributed by atoms with E-state index in [1.165, 1.54) is 24.3 Å². The van der Waals surface area contributed by atoms with E-state index in [1.54, 1.807) is 4.57 Å². The van der Waals surface area contributed by atoms with Gasteiger partial charge in [-0.2, -0.15) is 0 Å². The molecule has 0 fully saturated rings. The molecule has 4 aromatic rings. The lowest BCUT2D eigenvalue weighted by molar-refractivity contribution is 0.429. The number of primary sulfonamides is 1. The lowest BCUT2D eigenvalue weighted by Crippen LogP contribution is -2.12. The molecule has 0 radical (unpaired) electrons. The molecular formula is C22H18BrN5O3S2. The van der Waals surface area contributed by atoms with Crippen LogP contribution in [0.15, 0.2) is 92.4 Å². The van der Waals surface area contributed by atoms with Crippen LogP contribution in [0.3, 0.4) is 0 Å². The number of nitrogens with one attached hydrogen (secondary N) is 1. The van der Waals surface area contributed by atoms with Gasteiger partial charge in [-0.25, -0.2) is 13.6 Å². The van der Waals surface area contributed by atoms with Gasteiger partial charge in [0.25, 0.3) is 0 Å². The fourth-order valence-electron chi connectivity index (χ4n) is 3.29. The van der Waals surface area contributed by atoms with Crippen LogP contribution in [-0.2, 0) is 16.6 Å². The summed E-state index contributed by atoms with van der Waals surface area (Å²) < 4.78 is 25.3. The average Bonchev–Trinajstić information content (AvgIpc) is 3.03. The summed E-state index contributed by atoms with van der Waals surface area (Å²) in [7, 11) is -3.78. The predicted molar refractivity (Wildman–Crippen MR) is 135 cm³/mol. The molecule has 0 bridgehead atoms. The summed E-state index contributed by atoms with van der Waals surface area (Å²) in [4.78, 5) is -0.0117. The number of nitrogens with zero attached hydrogens (tertiary/aromatic N) is 3. The molecule has 0 saturated heterocycles. The second-order valence-electron chi connectivity index (χ2n) is 7.10. The van der Waals surface area contributed by atoms with Crippen LogP contribution < -0.4 is 10.5 Å². The fraction of sp³-hybridized carbons (Fsp3) is 0.0455. The number of benzene rings is 3. The summed E-state index contributed by atoms with van der Waals surface area (Å²) in [5.74, 6) is -0.0315. The number of thiocarbonyl (C=S) groups is 1. The van der Waals surface area contributed by atoms with E-state index >= 15 is 0 Å². The number of sulfonamides is 1. The van der Waals surface area contributed by atoms with Crippen molar-refractivity contribution in [2.75, 3.05) is 5.32 Å². The molecule has 33 heavy (non-hydrogen) atoms. The molecule has 1 heterocycles. The van der Waals surface area contributed by atoms with Crippen molar-refractivity contribution in [1.82, 2.24) is 4.57 Å². The summed E-state index contributed by atoms with van der Waals surface area (Å²) in [6, 6.07) is 21.2. The smallest absolute Gasteiger partial charge is 0.238 e. The Morgan fingerprint density at radius 2 is 1.79 bits per heavy atom. The molecule has 8 nitrogen and oxygen atoms in total. The lowest BCUT2D eigenvalue weighted by Gasteiger charge is -2.07. The Labute approximate surface area is 203 Å². The maximum atomic E-state index is 11.4. The highest BCUT2D eigenvalue weighted by molar-refractivity contribution is 9.10. The monoisotopic (exact) mass is 543 g/mol. The first kappa shape index (κ1) is 23.1. The van der Waals surface area contributed by atoms with E-state index in [9.17, 15) is 13.5 Å². The summed E-state index contributed by atoms with van der Waals surface area (Å²) in [5, 5.41) is 27.9. The van der Waals surface area contributed by atoms with Crippen LogP contribution in [-0.4, -0.2) is 23.2 Å². The quantitative estimate of drug-likeness (QED) is 0.233. The molecular weight excluding hydrogens is 526 g/mol. The minimum atomic E-state index is -3.78. The van der Waals surface area contributed by atoms with Gasteiger partial charge in [-0.1, -0.05) is 46.3 Å². The van der Waals surface area contributed by atoms with Crippen LogP contribution in [0.2, 0.25) is 0 Å². The zero-order chi connectivity index (χ0) is 23.6. The summed E-state index contributed by atoms with van der Waals surface area (Å²) in [6.45, 7) is 0.458. The molecule has 1 aromatic heterocycles. The standard InChI is InChI=1S/C22H18BrN5O3S2/c23-15-6-11-19-18(12-15)20(21(29)28(19)13-14-4-2-1-3-5-14)26-27-22(32)25-16-7-9-17(10-8-16)33(24,30)31/h1-12,29H,13H2,(H,25,32)(H2,24,30,31). The highest BCUT2D eigenvalue weighted by Crippen LogP contribution is 2.40. The van der Waals surface area contributed by atoms with E-state index in [0.29, 0.717) is 17.6 Å². The molecule has 4 rings (SSSR count). The van der Waals surface area contributed by atoms with Crippen molar-refractivity contribution in [2.24, 2.45) is 15.4 Å². The van der Waals surface area contributed by atoms with Gasteiger partial charge >= 0.3 is 0 Å². The van der Waals surface area contributed by atoms with Crippen LogP contribution in [0.5, 0.6) is 5.88 Å². The number of fused-ring (bicyclic) bond motifs is 1. The Balaban J connectivity index is 1.62. The number of azo groups is 1. The number of rotatable bonds is 5. The molecule has 0 spiro atoms. The van der Waals surface area contributed by atoms with E-state index in [0.717, 1.165) is 15.6 Å². The highest BCUT2D eigenvalue weighted by Gasteiger charge is 2.17. The summed E-state index contributed by atoms with van der Waals surface area (Å²) in [6.07, 6.45) is 0. The predicted octanol–water partition coefficient (Wildman–Crippen LogP) is 5.29. The molecule has 0 aliphatic carbocycles. The zero-order valence-corrected chi connectivity index (χ0v) is 20.2. The van der Waals surface area contributed by atoms with Gasteiger partial charge in [0.15, 0.2) is 5.69 Å². The van der Waals surface area contributed by atoms with E-state index < -0.39 is 10.0 Å². The Hall–Kier alpha value is -3.12. The number of halogens is 1. The molecule has 0 amide bonds. The molecule has 3 aromatic carbocycles. The molecule has 0 atom stereocenters. The largest absolute Gasteiger partial charge is 0.493 e. The Bertz CT molecular complexity index is 1470. The molecule has 0 aliphatic heterocycles. The van der Waals surface area contributed by atoms with Crippen molar-refractivity contribution in [1.29, 1.82) is 0 Å². The zero-order valence-electron chi connectivity index (χ0n) is 17.0. The van der Waals surface area contributed by atoms with E-state index in [2.05, 4.69) is 31.5 Å². The van der Waals surface area contributed by atoms with Crippen molar-refractivity contribution in [2.45, 2.75) is 11.4 Å². The third kappa shape index (κ3) is 5.28. The van der Waals surface area contributed by atoms with E-state index in [4.69, 9.17) is 17.4 Å². The molecule has 0 aliphatic rings. The number of nitrogens with two attached hydrogens (primary N) is 1. The minimum absolute atomic E-state index is 0.0117. The first-order valence-electron chi connectivity index (χ1n) is 9.62.